The molecule has 2 rings (SSSR count). The Morgan fingerprint density at radius 2 is 2.18 bits per heavy atom. The van der Waals surface area contributed by atoms with Crippen molar-refractivity contribution in [2.75, 3.05) is 7.05 Å². The summed E-state index contributed by atoms with van der Waals surface area (Å²) in [4.78, 5) is 10.8. The molecule has 0 fully saturated rings. The first-order valence-corrected chi connectivity index (χ1v) is 5.58. The van der Waals surface area contributed by atoms with E-state index in [0.717, 1.165) is 12.5 Å². The molecule has 5 nitrogen and oxygen atoms in total. The lowest BCUT2D eigenvalue weighted by molar-refractivity contribution is 0.465. The van der Waals surface area contributed by atoms with E-state index in [1.165, 1.54) is 5.69 Å². The molecular formula is C11H20IN5. The molecule has 0 aromatic carbocycles. The molecule has 96 valence electrons. The topological polar surface area (TPSA) is 45.5 Å². The second-order valence-corrected chi connectivity index (χ2v) is 4.48. The summed E-state index contributed by atoms with van der Waals surface area (Å²) >= 11 is 0. The van der Waals surface area contributed by atoms with Crippen LogP contribution in [0.15, 0.2) is 17.5 Å². The molecule has 6 heteroatoms. The SMILES string of the molecule is CC1N=C(N(C)Cc2cncn2C)NC1C.I. The first kappa shape index (κ1) is 14.3. The average molecular weight is 349 g/mol. The smallest absolute Gasteiger partial charge is 0.194 e. The van der Waals surface area contributed by atoms with Crippen LogP contribution in [0, 0.1) is 0 Å². The molecule has 2 heterocycles. The zero-order chi connectivity index (χ0) is 11.7. The Morgan fingerprint density at radius 1 is 1.47 bits per heavy atom. The zero-order valence-corrected chi connectivity index (χ0v) is 13.0. The Labute approximate surface area is 119 Å². The lowest BCUT2D eigenvalue weighted by atomic mass is 10.2. The van der Waals surface area contributed by atoms with Gasteiger partial charge in [0.05, 0.1) is 24.6 Å². The van der Waals surface area contributed by atoms with Gasteiger partial charge in [-0.3, -0.25) is 0 Å². The van der Waals surface area contributed by atoms with Crippen molar-refractivity contribution >= 4 is 29.9 Å². The Kier molecular flexibility index (Phi) is 4.79. The summed E-state index contributed by atoms with van der Waals surface area (Å²) in [6, 6.07) is 0.771. The Morgan fingerprint density at radius 3 is 2.65 bits per heavy atom. The van der Waals surface area contributed by atoms with Crippen molar-refractivity contribution in [1.82, 2.24) is 19.8 Å². The maximum absolute atomic E-state index is 4.58. The monoisotopic (exact) mass is 349 g/mol. The molecule has 1 aliphatic heterocycles. The van der Waals surface area contributed by atoms with Gasteiger partial charge < -0.3 is 14.8 Å². The van der Waals surface area contributed by atoms with Crippen molar-refractivity contribution in [3.8, 4) is 0 Å². The molecule has 0 radical (unpaired) electrons. The summed E-state index contributed by atoms with van der Waals surface area (Å²) in [7, 11) is 4.05. The van der Waals surface area contributed by atoms with Gasteiger partial charge in [0.1, 0.15) is 0 Å². The summed E-state index contributed by atoms with van der Waals surface area (Å²) in [5.74, 6) is 0.973. The highest BCUT2D eigenvalue weighted by Gasteiger charge is 2.23. The maximum atomic E-state index is 4.58. The average Bonchev–Trinajstić information content (AvgIpc) is 2.76. The van der Waals surface area contributed by atoms with E-state index in [1.807, 2.05) is 31.2 Å². The van der Waals surface area contributed by atoms with Gasteiger partial charge in [0.2, 0.25) is 0 Å². The summed E-state index contributed by atoms with van der Waals surface area (Å²) < 4.78 is 2.03. The van der Waals surface area contributed by atoms with Crippen LogP contribution in [0.25, 0.3) is 0 Å². The van der Waals surface area contributed by atoms with E-state index >= 15 is 0 Å². The first-order chi connectivity index (χ1) is 7.58. The number of imidazole rings is 1. The predicted molar refractivity (Wildman–Crippen MR) is 79.6 cm³/mol. The van der Waals surface area contributed by atoms with E-state index < -0.39 is 0 Å². The van der Waals surface area contributed by atoms with Gasteiger partial charge in [-0.1, -0.05) is 0 Å². The highest BCUT2D eigenvalue weighted by Crippen LogP contribution is 2.09. The molecule has 0 spiro atoms. The van der Waals surface area contributed by atoms with Gasteiger partial charge in [-0.2, -0.15) is 0 Å². The highest BCUT2D eigenvalue weighted by molar-refractivity contribution is 14.0. The number of aliphatic imine (C=N–C) groups is 1. The van der Waals surface area contributed by atoms with E-state index in [-0.39, 0.29) is 24.0 Å². The second kappa shape index (κ2) is 5.70. The third-order valence-corrected chi connectivity index (χ3v) is 3.08. The molecule has 0 bridgehead atoms. The first-order valence-electron chi connectivity index (χ1n) is 5.58. The number of aryl methyl sites for hydroxylation is 1. The van der Waals surface area contributed by atoms with Crippen LogP contribution in [0.2, 0.25) is 0 Å². The molecule has 0 saturated heterocycles. The third kappa shape index (κ3) is 3.11. The molecule has 1 aromatic heterocycles. The van der Waals surface area contributed by atoms with Crippen molar-refractivity contribution in [1.29, 1.82) is 0 Å². The van der Waals surface area contributed by atoms with Crippen LogP contribution in [-0.4, -0.2) is 39.5 Å². The minimum absolute atomic E-state index is 0. The van der Waals surface area contributed by atoms with Gasteiger partial charge >= 0.3 is 0 Å². The van der Waals surface area contributed by atoms with Crippen LogP contribution in [-0.2, 0) is 13.6 Å². The molecule has 0 amide bonds. The Bertz CT molecular complexity index is 400. The van der Waals surface area contributed by atoms with Crippen molar-refractivity contribution in [2.45, 2.75) is 32.5 Å². The standard InChI is InChI=1S/C11H19N5.HI/c1-8-9(2)14-11(13-8)15(3)6-10-5-12-7-16(10)4;/h5,7-9H,6H2,1-4H3,(H,13,14);1H. The van der Waals surface area contributed by atoms with Gasteiger partial charge in [0.25, 0.3) is 0 Å². The van der Waals surface area contributed by atoms with Crippen molar-refractivity contribution < 1.29 is 0 Å². The number of aromatic nitrogens is 2. The number of hydrogen-bond acceptors (Lipinski definition) is 4. The number of nitrogens with one attached hydrogen (secondary N) is 1. The molecule has 2 atom stereocenters. The summed E-state index contributed by atoms with van der Waals surface area (Å²) in [6.45, 7) is 5.10. The van der Waals surface area contributed by atoms with Crippen LogP contribution in [0.1, 0.15) is 19.5 Å². The number of nitrogens with zero attached hydrogens (tertiary/aromatic N) is 4. The van der Waals surface area contributed by atoms with E-state index in [0.29, 0.717) is 12.1 Å². The van der Waals surface area contributed by atoms with Gasteiger partial charge in [-0.15, -0.1) is 24.0 Å². The van der Waals surface area contributed by atoms with Gasteiger partial charge in [-0.25, -0.2) is 9.98 Å². The van der Waals surface area contributed by atoms with E-state index in [2.05, 4.69) is 34.0 Å². The van der Waals surface area contributed by atoms with Crippen molar-refractivity contribution in [3.05, 3.63) is 18.2 Å². The Hall–Kier alpha value is -0.790. The molecule has 17 heavy (non-hydrogen) atoms. The molecule has 1 N–H and O–H groups in total. The van der Waals surface area contributed by atoms with E-state index in [4.69, 9.17) is 0 Å². The van der Waals surface area contributed by atoms with Crippen LogP contribution in [0.3, 0.4) is 0 Å². The minimum Gasteiger partial charge on any atom is -0.352 e. The minimum atomic E-state index is 0. The molecule has 1 aliphatic rings. The molecule has 0 aliphatic carbocycles. The third-order valence-electron chi connectivity index (χ3n) is 3.08. The fourth-order valence-electron chi connectivity index (χ4n) is 1.73. The number of guanidine groups is 1. The molecule has 1 aromatic rings. The molecular weight excluding hydrogens is 329 g/mol. The van der Waals surface area contributed by atoms with Gasteiger partial charge in [-0.05, 0) is 13.8 Å². The molecule has 2 unspecified atom stereocenters. The highest BCUT2D eigenvalue weighted by atomic mass is 127. The second-order valence-electron chi connectivity index (χ2n) is 4.48. The summed E-state index contributed by atoms with van der Waals surface area (Å²) in [5, 5.41) is 3.38. The van der Waals surface area contributed by atoms with E-state index in [9.17, 15) is 0 Å². The van der Waals surface area contributed by atoms with Crippen molar-refractivity contribution in [2.24, 2.45) is 12.0 Å². The van der Waals surface area contributed by atoms with Gasteiger partial charge in [0, 0.05) is 26.3 Å². The van der Waals surface area contributed by atoms with Crippen LogP contribution < -0.4 is 5.32 Å². The fourth-order valence-corrected chi connectivity index (χ4v) is 1.73. The van der Waals surface area contributed by atoms with Crippen LogP contribution in [0.5, 0.6) is 0 Å². The lowest BCUT2D eigenvalue weighted by Gasteiger charge is -2.20. The normalized spacial score (nSPS) is 22.7. The van der Waals surface area contributed by atoms with Crippen LogP contribution >= 0.6 is 24.0 Å². The van der Waals surface area contributed by atoms with Gasteiger partial charge in [0.15, 0.2) is 5.96 Å². The van der Waals surface area contributed by atoms with E-state index in [1.54, 1.807) is 0 Å². The Balaban J connectivity index is 0.00000144. The summed E-state index contributed by atoms with van der Waals surface area (Å²) in [6.07, 6.45) is 3.71. The fraction of sp³-hybridized carbons (Fsp3) is 0.636. The number of rotatable bonds is 2. The molecule has 0 saturated carbocycles. The predicted octanol–water partition coefficient (Wildman–Crippen LogP) is 1.21. The number of hydrogen-bond donors (Lipinski definition) is 1. The quantitative estimate of drug-likeness (QED) is 0.817. The number of halogens is 1. The maximum Gasteiger partial charge on any atom is 0.194 e. The van der Waals surface area contributed by atoms with Crippen molar-refractivity contribution in [3.63, 3.8) is 0 Å². The zero-order valence-electron chi connectivity index (χ0n) is 10.7. The van der Waals surface area contributed by atoms with Crippen LogP contribution in [0.4, 0.5) is 0 Å². The lowest BCUT2D eigenvalue weighted by Crippen LogP contribution is -2.39. The largest absolute Gasteiger partial charge is 0.352 e. The summed E-state index contributed by atoms with van der Waals surface area (Å²) in [5.41, 5.74) is 1.18.